The number of carbonyl (C=O) groups excluding carboxylic acids is 2. The molecule has 13 heteroatoms. The van der Waals surface area contributed by atoms with Gasteiger partial charge in [0.15, 0.2) is 0 Å². The molecule has 2 heterocycles. The van der Waals surface area contributed by atoms with Gasteiger partial charge in [0.2, 0.25) is 0 Å². The van der Waals surface area contributed by atoms with Gasteiger partial charge in [0, 0.05) is 41.8 Å². The van der Waals surface area contributed by atoms with Crippen LogP contribution in [-0.2, 0) is 31.4 Å². The molecule has 1 N–H and O–H groups in total. The summed E-state index contributed by atoms with van der Waals surface area (Å²) >= 11 is 3.54. The summed E-state index contributed by atoms with van der Waals surface area (Å²) < 4.78 is 43.1. The number of carbonyl (C=O) groups is 2. The standard InChI is InChI=1S/C27H50N2O3S.C18H34N2O3S.C9H15Br/c1-25(2,3)32-24(30)29-18-19(17-27(29,7)8)9-14-22(28-33(31)26(4,5)6)15-16-23(20-10-11-20)21-12-13-21;1-16(2,3)23-15(21)20-13-14(12-18(20,7)8)10-9-11-19-24(22)17(4,5)6;10-6-5-9(7-1-2-7)8-3-4-8/h19-23,28H,9-18H2,1-8H3;11,14H,9-10,12-13H2,1-8H3;7-9H,1-6H2/t19-,22?,33?;14-,24?;/m00./s1. The predicted octanol–water partition coefficient (Wildman–Crippen LogP) is 14.0. The smallest absolute Gasteiger partial charge is 0.410 e. The SMILES string of the molecule is BrCCC(C1CC1)C1CC1.CC(C)(C)OC(=O)N1C[C@@H](CCC(CCC(C2CC2)C2CC2)NS(=O)C(C)(C)C)CC1(C)C.CC(C)(C)OC(=O)N1C[C@@H](CCC=NS(=O)C(C)(C)C)CC1(C)C. The molecule has 10 nitrogen and oxygen atoms in total. The third-order valence-corrected chi connectivity index (χ3v) is 18.0. The maximum atomic E-state index is 12.9. The summed E-state index contributed by atoms with van der Waals surface area (Å²) in [4.78, 5) is 28.9. The Morgan fingerprint density at radius 2 is 1.04 bits per heavy atom. The predicted molar refractivity (Wildman–Crippen MR) is 285 cm³/mol. The number of ether oxygens (including phenoxy) is 2. The van der Waals surface area contributed by atoms with Gasteiger partial charge in [0.1, 0.15) is 22.2 Å². The van der Waals surface area contributed by atoms with Gasteiger partial charge in [0.25, 0.3) is 0 Å². The molecule has 0 aromatic carbocycles. The van der Waals surface area contributed by atoms with Crippen LogP contribution in [0, 0.1) is 47.3 Å². The molecule has 390 valence electrons. The van der Waals surface area contributed by atoms with Crippen LogP contribution in [0.5, 0.6) is 0 Å². The zero-order valence-electron chi connectivity index (χ0n) is 45.4. The van der Waals surface area contributed by atoms with E-state index in [-0.39, 0.29) is 38.8 Å². The average molecular weight is 1040 g/mol. The summed E-state index contributed by atoms with van der Waals surface area (Å²) in [6.45, 7) is 33.2. The Morgan fingerprint density at radius 1 is 0.642 bits per heavy atom. The lowest BCUT2D eigenvalue weighted by Crippen LogP contribution is -2.45. The van der Waals surface area contributed by atoms with Gasteiger partial charge < -0.3 is 19.3 Å². The molecule has 6 aliphatic rings. The van der Waals surface area contributed by atoms with Crippen molar-refractivity contribution in [3.05, 3.63) is 0 Å². The third-order valence-electron chi connectivity index (χ3n) is 14.5. The number of nitrogens with zero attached hydrogens (tertiary/aromatic N) is 3. The fourth-order valence-corrected chi connectivity index (χ4v) is 12.4. The van der Waals surface area contributed by atoms with Gasteiger partial charge in [-0.05, 0) is 267 Å². The first kappa shape index (κ1) is 58.5. The molecule has 4 aliphatic carbocycles. The summed E-state index contributed by atoms with van der Waals surface area (Å²) in [6, 6.07) is 0.281. The number of rotatable bonds is 18. The van der Waals surface area contributed by atoms with Gasteiger partial charge in [-0.2, -0.15) is 4.40 Å². The number of halogens is 1. The van der Waals surface area contributed by atoms with E-state index in [9.17, 15) is 18.0 Å². The van der Waals surface area contributed by atoms with Gasteiger partial charge in [-0.15, -0.1) is 0 Å². The number of amides is 2. The van der Waals surface area contributed by atoms with Crippen LogP contribution in [0.4, 0.5) is 9.59 Å². The molecule has 3 unspecified atom stereocenters. The molecule has 0 spiro atoms. The van der Waals surface area contributed by atoms with Crippen molar-refractivity contribution in [2.24, 2.45) is 51.7 Å². The minimum Gasteiger partial charge on any atom is -0.444 e. The van der Waals surface area contributed by atoms with E-state index in [4.69, 9.17) is 9.47 Å². The number of hydrogen-bond donors (Lipinski definition) is 1. The van der Waals surface area contributed by atoms with Crippen molar-refractivity contribution in [1.29, 1.82) is 0 Å². The van der Waals surface area contributed by atoms with Gasteiger partial charge in [-0.25, -0.2) is 22.7 Å². The zero-order valence-corrected chi connectivity index (χ0v) is 48.6. The second-order valence-corrected chi connectivity index (χ2v) is 31.4. The van der Waals surface area contributed by atoms with Crippen molar-refractivity contribution in [3.63, 3.8) is 0 Å². The first-order chi connectivity index (χ1) is 30.8. The van der Waals surface area contributed by atoms with E-state index in [1.165, 1.54) is 69.5 Å². The summed E-state index contributed by atoms with van der Waals surface area (Å²) in [7, 11) is -2.25. The molecule has 67 heavy (non-hydrogen) atoms. The van der Waals surface area contributed by atoms with Gasteiger partial charge >= 0.3 is 12.2 Å². The Hall–Kier alpha value is -1.05. The highest BCUT2D eigenvalue weighted by Gasteiger charge is 2.45. The lowest BCUT2D eigenvalue weighted by molar-refractivity contribution is 0.0118. The minimum absolute atomic E-state index is 0.187. The van der Waals surface area contributed by atoms with E-state index in [0.717, 1.165) is 87.0 Å². The van der Waals surface area contributed by atoms with E-state index in [0.29, 0.717) is 18.4 Å². The summed E-state index contributed by atoms with van der Waals surface area (Å²) in [5, 5.41) is 1.23. The van der Waals surface area contributed by atoms with Crippen molar-refractivity contribution in [1.82, 2.24) is 14.5 Å². The number of likely N-dealkylation sites (tertiary alicyclic amines) is 2. The van der Waals surface area contributed by atoms with Crippen LogP contribution >= 0.6 is 15.9 Å². The highest BCUT2D eigenvalue weighted by atomic mass is 79.9. The van der Waals surface area contributed by atoms with E-state index < -0.39 is 33.2 Å². The molecule has 6 rings (SSSR count). The lowest BCUT2D eigenvalue weighted by atomic mass is 9.88. The first-order valence-electron chi connectivity index (χ1n) is 26.5. The maximum Gasteiger partial charge on any atom is 0.410 e. The molecule has 2 aliphatic heterocycles. The molecule has 0 aromatic rings. The van der Waals surface area contributed by atoms with Crippen molar-refractivity contribution < 1.29 is 27.5 Å². The first-order valence-corrected chi connectivity index (χ1v) is 29.9. The lowest BCUT2D eigenvalue weighted by Gasteiger charge is -2.33. The zero-order chi connectivity index (χ0) is 50.3. The molecule has 2 saturated heterocycles. The van der Waals surface area contributed by atoms with Crippen LogP contribution in [0.25, 0.3) is 0 Å². The number of alkyl halides is 1. The van der Waals surface area contributed by atoms with E-state index in [2.05, 4.69) is 52.7 Å². The molecule has 5 atom stereocenters. The van der Waals surface area contributed by atoms with Gasteiger partial charge in [-0.3, -0.25) is 0 Å². The molecular weight excluding hydrogens is 945 g/mol. The van der Waals surface area contributed by atoms with Crippen molar-refractivity contribution in [3.8, 4) is 0 Å². The number of hydrogen-bond acceptors (Lipinski definition) is 6. The van der Waals surface area contributed by atoms with Crippen LogP contribution in [0.2, 0.25) is 0 Å². The Bertz CT molecular complexity index is 1640. The second-order valence-electron chi connectivity index (χ2n) is 26.7. The van der Waals surface area contributed by atoms with Crippen LogP contribution < -0.4 is 4.72 Å². The Kier molecular flexibility index (Phi) is 21.1. The monoisotopic (exact) mass is 1040 g/mol. The summed E-state index contributed by atoms with van der Waals surface area (Å²) in [5.74, 6) is 7.10. The van der Waals surface area contributed by atoms with E-state index in [1.807, 2.05) is 92.9 Å². The highest BCUT2D eigenvalue weighted by Crippen LogP contribution is 2.52. The molecule has 0 radical (unpaired) electrons. The Labute approximate surface area is 423 Å². The van der Waals surface area contributed by atoms with Crippen LogP contribution in [-0.4, -0.2) is 92.9 Å². The fraction of sp³-hybridized carbons (Fsp3) is 0.944. The van der Waals surface area contributed by atoms with Crippen LogP contribution in [0.3, 0.4) is 0 Å². The molecule has 0 bridgehead atoms. The largest absolute Gasteiger partial charge is 0.444 e. The normalized spacial score (nSPS) is 24.5. The molecular formula is C54H99BrN4O6S2. The van der Waals surface area contributed by atoms with Gasteiger partial charge in [0.05, 0.1) is 20.5 Å². The quantitative estimate of drug-likeness (QED) is 0.108. The molecule has 6 fully saturated rings. The topological polar surface area (TPSA) is 118 Å². The highest BCUT2D eigenvalue weighted by molar-refractivity contribution is 9.09. The fourth-order valence-electron chi connectivity index (χ4n) is 10.4. The number of nitrogens with one attached hydrogen (secondary N) is 1. The van der Waals surface area contributed by atoms with Crippen LogP contribution in [0.1, 0.15) is 220 Å². The summed E-state index contributed by atoms with van der Waals surface area (Å²) in [5.41, 5.74) is -1.34. The van der Waals surface area contributed by atoms with Gasteiger partial charge in [-0.1, -0.05) is 15.9 Å². The minimum atomic E-state index is -1.20. The third kappa shape index (κ3) is 20.9. The Balaban J connectivity index is 0.000000249. The average Bonchev–Trinajstić information content (AvgIpc) is 3.98. The van der Waals surface area contributed by atoms with Crippen molar-refractivity contribution >= 4 is 56.3 Å². The molecule has 0 aromatic heterocycles. The Morgan fingerprint density at radius 3 is 1.40 bits per heavy atom. The van der Waals surface area contributed by atoms with E-state index >= 15 is 0 Å². The van der Waals surface area contributed by atoms with Crippen LogP contribution in [0.15, 0.2) is 4.40 Å². The maximum absolute atomic E-state index is 12.9. The molecule has 2 amide bonds. The van der Waals surface area contributed by atoms with Crippen molar-refractivity contribution in [2.75, 3.05) is 18.4 Å². The molecule has 4 saturated carbocycles. The summed E-state index contributed by atoms with van der Waals surface area (Å²) in [6.07, 6.45) is 22.7. The second kappa shape index (κ2) is 24.1. The van der Waals surface area contributed by atoms with Crippen molar-refractivity contribution in [2.45, 2.75) is 258 Å². The van der Waals surface area contributed by atoms with E-state index in [1.54, 1.807) is 6.21 Å².